The fourth-order valence-corrected chi connectivity index (χ4v) is 4.80. The molecule has 25 heavy (non-hydrogen) atoms. The Balaban J connectivity index is 1.27. The summed E-state index contributed by atoms with van der Waals surface area (Å²) < 4.78 is 10.8. The Morgan fingerprint density at radius 3 is 2.32 bits per heavy atom. The SMILES string of the molecule is COc1ccc(CN2CCN(C[C@H]3C[C@H]4C=C[C@H]3C4)CC2)cc1OC. The highest BCUT2D eigenvalue weighted by Crippen LogP contribution is 2.43. The van der Waals surface area contributed by atoms with E-state index >= 15 is 0 Å². The zero-order valence-electron chi connectivity index (χ0n) is 15.5. The van der Waals surface area contributed by atoms with Gasteiger partial charge in [-0.15, -0.1) is 0 Å². The summed E-state index contributed by atoms with van der Waals surface area (Å²) in [6.45, 7) is 7.01. The number of ether oxygens (including phenoxy) is 2. The van der Waals surface area contributed by atoms with Gasteiger partial charge >= 0.3 is 0 Å². The Hall–Kier alpha value is -1.52. The van der Waals surface area contributed by atoms with Crippen LogP contribution in [0.25, 0.3) is 0 Å². The number of piperazine rings is 1. The molecule has 136 valence electrons. The molecule has 1 aromatic carbocycles. The van der Waals surface area contributed by atoms with Crippen LogP contribution >= 0.6 is 0 Å². The van der Waals surface area contributed by atoms with Crippen LogP contribution in [0.15, 0.2) is 30.4 Å². The number of rotatable bonds is 6. The first kappa shape index (κ1) is 16.9. The Kier molecular flexibility index (Phi) is 5.00. The van der Waals surface area contributed by atoms with Crippen molar-refractivity contribution in [2.45, 2.75) is 19.4 Å². The minimum absolute atomic E-state index is 0.802. The molecule has 4 rings (SSSR count). The molecule has 0 amide bonds. The third-order valence-electron chi connectivity index (χ3n) is 6.23. The van der Waals surface area contributed by atoms with Gasteiger partial charge in [0.1, 0.15) is 0 Å². The molecule has 1 saturated carbocycles. The van der Waals surface area contributed by atoms with Crippen LogP contribution in [0.2, 0.25) is 0 Å². The van der Waals surface area contributed by atoms with E-state index in [-0.39, 0.29) is 0 Å². The van der Waals surface area contributed by atoms with Gasteiger partial charge in [0.2, 0.25) is 0 Å². The number of allylic oxidation sites excluding steroid dienone is 2. The zero-order valence-corrected chi connectivity index (χ0v) is 15.5. The van der Waals surface area contributed by atoms with E-state index in [0.29, 0.717) is 0 Å². The van der Waals surface area contributed by atoms with Gasteiger partial charge in [0.05, 0.1) is 14.2 Å². The quantitative estimate of drug-likeness (QED) is 0.742. The molecule has 0 spiro atoms. The lowest BCUT2D eigenvalue weighted by molar-refractivity contribution is 0.108. The zero-order chi connectivity index (χ0) is 17.2. The second-order valence-electron chi connectivity index (χ2n) is 7.81. The Morgan fingerprint density at radius 1 is 0.920 bits per heavy atom. The third kappa shape index (κ3) is 3.70. The van der Waals surface area contributed by atoms with Crippen molar-refractivity contribution in [3.63, 3.8) is 0 Å². The molecule has 3 aliphatic rings. The lowest BCUT2D eigenvalue weighted by Crippen LogP contribution is -2.47. The van der Waals surface area contributed by atoms with Crippen LogP contribution in [-0.4, -0.2) is 56.7 Å². The van der Waals surface area contributed by atoms with Crippen LogP contribution in [0.4, 0.5) is 0 Å². The maximum atomic E-state index is 5.42. The molecule has 3 atom stereocenters. The molecular formula is C21H30N2O2. The normalized spacial score (nSPS) is 29.3. The third-order valence-corrected chi connectivity index (χ3v) is 6.23. The Labute approximate surface area is 151 Å². The van der Waals surface area contributed by atoms with Crippen molar-refractivity contribution in [1.82, 2.24) is 9.80 Å². The Morgan fingerprint density at radius 2 is 1.68 bits per heavy atom. The lowest BCUT2D eigenvalue weighted by atomic mass is 9.93. The van der Waals surface area contributed by atoms with Gasteiger partial charge in [-0.1, -0.05) is 18.2 Å². The molecule has 1 aliphatic heterocycles. The van der Waals surface area contributed by atoms with Gasteiger partial charge in [-0.25, -0.2) is 0 Å². The van der Waals surface area contributed by atoms with Gasteiger partial charge in [-0.05, 0) is 48.3 Å². The maximum absolute atomic E-state index is 5.42. The van der Waals surface area contributed by atoms with Crippen LogP contribution < -0.4 is 9.47 Å². The van der Waals surface area contributed by atoms with E-state index in [1.807, 2.05) is 6.07 Å². The molecular weight excluding hydrogens is 312 g/mol. The van der Waals surface area contributed by atoms with E-state index in [1.54, 1.807) is 14.2 Å². The average Bonchev–Trinajstić information content (AvgIpc) is 3.26. The van der Waals surface area contributed by atoms with E-state index in [0.717, 1.165) is 48.9 Å². The first-order chi connectivity index (χ1) is 12.2. The van der Waals surface area contributed by atoms with Gasteiger partial charge in [0, 0.05) is 39.3 Å². The standard InChI is InChI=1S/C21H30N2O2/c1-24-20-6-4-17(13-21(20)25-2)14-22-7-9-23(10-8-22)15-19-12-16-3-5-18(19)11-16/h3-6,13,16,18-19H,7-12,14-15H2,1-2H3/t16-,18-,19+/m0/s1. The van der Waals surface area contributed by atoms with E-state index < -0.39 is 0 Å². The molecule has 2 fully saturated rings. The van der Waals surface area contributed by atoms with Gasteiger partial charge in [0.15, 0.2) is 11.5 Å². The van der Waals surface area contributed by atoms with Crippen molar-refractivity contribution < 1.29 is 9.47 Å². The van der Waals surface area contributed by atoms with Gasteiger partial charge < -0.3 is 14.4 Å². The molecule has 1 saturated heterocycles. The number of hydrogen-bond acceptors (Lipinski definition) is 4. The minimum Gasteiger partial charge on any atom is -0.493 e. The number of hydrogen-bond donors (Lipinski definition) is 0. The molecule has 2 aliphatic carbocycles. The summed E-state index contributed by atoms with van der Waals surface area (Å²) in [5.74, 6) is 4.29. The largest absolute Gasteiger partial charge is 0.493 e. The van der Waals surface area contributed by atoms with Crippen molar-refractivity contribution in [3.8, 4) is 11.5 Å². The van der Waals surface area contributed by atoms with Crippen molar-refractivity contribution >= 4 is 0 Å². The maximum Gasteiger partial charge on any atom is 0.161 e. The fourth-order valence-electron chi connectivity index (χ4n) is 4.80. The van der Waals surface area contributed by atoms with E-state index in [4.69, 9.17) is 9.47 Å². The number of benzene rings is 1. The summed E-state index contributed by atoms with van der Waals surface area (Å²) in [7, 11) is 3.38. The molecule has 0 aromatic heterocycles. The van der Waals surface area contributed by atoms with Gasteiger partial charge in [-0.2, -0.15) is 0 Å². The van der Waals surface area contributed by atoms with Crippen LogP contribution in [0.1, 0.15) is 18.4 Å². The number of fused-ring (bicyclic) bond motifs is 2. The molecule has 0 N–H and O–H groups in total. The topological polar surface area (TPSA) is 24.9 Å². The summed E-state index contributed by atoms with van der Waals surface area (Å²) in [5, 5.41) is 0. The van der Waals surface area contributed by atoms with Crippen molar-refractivity contribution in [1.29, 1.82) is 0 Å². The van der Waals surface area contributed by atoms with E-state index in [9.17, 15) is 0 Å². The van der Waals surface area contributed by atoms with Crippen molar-refractivity contribution in [2.24, 2.45) is 17.8 Å². The van der Waals surface area contributed by atoms with Gasteiger partial charge in [-0.3, -0.25) is 4.90 Å². The highest BCUT2D eigenvalue weighted by atomic mass is 16.5. The summed E-state index contributed by atoms with van der Waals surface area (Å²) in [4.78, 5) is 5.24. The van der Waals surface area contributed by atoms with E-state index in [2.05, 4.69) is 34.1 Å². The van der Waals surface area contributed by atoms with Crippen LogP contribution in [-0.2, 0) is 6.54 Å². The smallest absolute Gasteiger partial charge is 0.161 e. The Bertz CT molecular complexity index is 622. The van der Waals surface area contributed by atoms with Crippen molar-refractivity contribution in [2.75, 3.05) is 46.9 Å². The highest BCUT2D eigenvalue weighted by molar-refractivity contribution is 5.42. The molecule has 1 heterocycles. The second kappa shape index (κ2) is 7.38. The summed E-state index contributed by atoms with van der Waals surface area (Å²) in [5.41, 5.74) is 1.30. The first-order valence-corrected chi connectivity index (χ1v) is 9.59. The van der Waals surface area contributed by atoms with Gasteiger partial charge in [0.25, 0.3) is 0 Å². The summed E-state index contributed by atoms with van der Waals surface area (Å²) in [6.07, 6.45) is 7.77. The molecule has 2 bridgehead atoms. The monoisotopic (exact) mass is 342 g/mol. The summed E-state index contributed by atoms with van der Waals surface area (Å²) in [6, 6.07) is 6.26. The molecule has 0 radical (unpaired) electrons. The van der Waals surface area contributed by atoms with E-state index in [1.165, 1.54) is 38.0 Å². The fraction of sp³-hybridized carbons (Fsp3) is 0.619. The second-order valence-corrected chi connectivity index (χ2v) is 7.81. The molecule has 4 nitrogen and oxygen atoms in total. The number of methoxy groups -OCH3 is 2. The van der Waals surface area contributed by atoms with Crippen LogP contribution in [0.5, 0.6) is 11.5 Å². The van der Waals surface area contributed by atoms with Crippen LogP contribution in [0.3, 0.4) is 0 Å². The predicted molar refractivity (Wildman–Crippen MR) is 100 cm³/mol. The molecule has 4 heteroatoms. The molecule has 1 aromatic rings. The van der Waals surface area contributed by atoms with Crippen LogP contribution in [0, 0.1) is 17.8 Å². The van der Waals surface area contributed by atoms with Crippen molar-refractivity contribution in [3.05, 3.63) is 35.9 Å². The average molecular weight is 342 g/mol. The minimum atomic E-state index is 0.802. The lowest BCUT2D eigenvalue weighted by Gasteiger charge is -2.37. The predicted octanol–water partition coefficient (Wildman–Crippen LogP) is 3.03. The molecule has 0 unspecified atom stereocenters. The highest BCUT2D eigenvalue weighted by Gasteiger charge is 2.36. The number of nitrogens with zero attached hydrogens (tertiary/aromatic N) is 2. The summed E-state index contributed by atoms with van der Waals surface area (Å²) >= 11 is 0. The first-order valence-electron chi connectivity index (χ1n) is 9.59.